The smallest absolute Gasteiger partial charge is 0.148 e. The molecule has 0 saturated heterocycles. The highest BCUT2D eigenvalue weighted by Crippen LogP contribution is 2.30. The van der Waals surface area contributed by atoms with Crippen molar-refractivity contribution in [1.29, 1.82) is 0 Å². The molecule has 6 nitrogen and oxygen atoms in total. The summed E-state index contributed by atoms with van der Waals surface area (Å²) in [6.07, 6.45) is 0. The molecular weight excluding hydrogens is 258 g/mol. The average Bonchev–Trinajstić information content (AvgIpc) is 2.90. The normalized spacial score (nSPS) is 10.9. The summed E-state index contributed by atoms with van der Waals surface area (Å²) in [5, 5.41) is 17.5. The zero-order valence-corrected chi connectivity index (χ0v) is 12.1. The van der Waals surface area contributed by atoms with Crippen molar-refractivity contribution in [2.75, 3.05) is 14.2 Å². The van der Waals surface area contributed by atoms with Gasteiger partial charge in [-0.15, -0.1) is 5.10 Å². The van der Waals surface area contributed by atoms with E-state index in [1.165, 1.54) is 0 Å². The molecule has 108 valence electrons. The van der Waals surface area contributed by atoms with Crippen molar-refractivity contribution in [3.63, 3.8) is 0 Å². The molecule has 0 amide bonds. The summed E-state index contributed by atoms with van der Waals surface area (Å²) in [7, 11) is 3.20. The van der Waals surface area contributed by atoms with Crippen molar-refractivity contribution in [3.8, 4) is 17.2 Å². The van der Waals surface area contributed by atoms with Crippen LogP contribution in [-0.4, -0.2) is 34.3 Å². The summed E-state index contributed by atoms with van der Waals surface area (Å²) in [5.74, 6) is 1.53. The van der Waals surface area contributed by atoms with E-state index in [1.54, 1.807) is 25.0 Å². The minimum Gasteiger partial charge on any atom is -0.497 e. The number of aliphatic hydroxyl groups is 1. The van der Waals surface area contributed by atoms with E-state index in [4.69, 9.17) is 9.47 Å². The van der Waals surface area contributed by atoms with E-state index in [0.717, 1.165) is 11.4 Å². The van der Waals surface area contributed by atoms with Gasteiger partial charge in [-0.2, -0.15) is 0 Å². The van der Waals surface area contributed by atoms with Gasteiger partial charge >= 0.3 is 0 Å². The van der Waals surface area contributed by atoms with E-state index in [1.807, 2.05) is 26.0 Å². The zero-order chi connectivity index (χ0) is 14.7. The van der Waals surface area contributed by atoms with Crippen molar-refractivity contribution in [2.45, 2.75) is 26.4 Å². The summed E-state index contributed by atoms with van der Waals surface area (Å²) in [4.78, 5) is 0. The van der Waals surface area contributed by atoms with Gasteiger partial charge in [0.2, 0.25) is 0 Å². The maximum Gasteiger partial charge on any atom is 0.148 e. The Morgan fingerprint density at radius 1 is 1.25 bits per heavy atom. The lowest BCUT2D eigenvalue weighted by molar-refractivity contribution is 0.275. The first-order chi connectivity index (χ1) is 9.62. The highest BCUT2D eigenvalue weighted by molar-refractivity contribution is 5.51. The molecule has 6 heteroatoms. The molecule has 0 spiro atoms. The molecule has 1 aromatic heterocycles. The molecule has 0 radical (unpaired) electrons. The number of nitrogens with zero attached hydrogens (tertiary/aromatic N) is 3. The molecule has 0 aliphatic carbocycles. The molecule has 0 unspecified atom stereocenters. The first-order valence-corrected chi connectivity index (χ1v) is 6.40. The summed E-state index contributed by atoms with van der Waals surface area (Å²) in [6.45, 7) is 3.93. The van der Waals surface area contributed by atoms with Gasteiger partial charge in [0.15, 0.2) is 0 Å². The molecule has 1 N–H and O–H groups in total. The van der Waals surface area contributed by atoms with Crippen LogP contribution in [0.1, 0.15) is 31.2 Å². The van der Waals surface area contributed by atoms with Crippen molar-refractivity contribution in [2.24, 2.45) is 0 Å². The molecule has 0 fully saturated rings. The maximum absolute atomic E-state index is 9.37. The third-order valence-electron chi connectivity index (χ3n) is 3.09. The molecule has 2 rings (SSSR count). The summed E-state index contributed by atoms with van der Waals surface area (Å²) < 4.78 is 12.3. The number of aliphatic hydroxyl groups excluding tert-OH is 1. The monoisotopic (exact) mass is 277 g/mol. The number of hydrogen-bond donors (Lipinski definition) is 1. The molecule has 1 aromatic carbocycles. The minimum atomic E-state index is -0.133. The number of benzene rings is 1. The first kappa shape index (κ1) is 14.3. The van der Waals surface area contributed by atoms with Crippen LogP contribution in [-0.2, 0) is 6.61 Å². The largest absolute Gasteiger partial charge is 0.497 e. The van der Waals surface area contributed by atoms with Crippen LogP contribution in [0.5, 0.6) is 11.5 Å². The van der Waals surface area contributed by atoms with Crippen LogP contribution < -0.4 is 9.47 Å². The highest BCUT2D eigenvalue weighted by atomic mass is 16.5. The average molecular weight is 277 g/mol. The van der Waals surface area contributed by atoms with E-state index in [0.29, 0.717) is 17.2 Å². The number of ether oxygens (including phenoxy) is 2. The third kappa shape index (κ3) is 2.46. The Kier molecular flexibility index (Phi) is 4.24. The Hall–Kier alpha value is -2.08. The number of hydrogen-bond acceptors (Lipinski definition) is 5. The van der Waals surface area contributed by atoms with Gasteiger partial charge in [0.1, 0.15) is 22.9 Å². The predicted octanol–water partition coefficient (Wildman–Crippen LogP) is 1.90. The van der Waals surface area contributed by atoms with Gasteiger partial charge in [-0.1, -0.05) is 19.1 Å². The lowest BCUT2D eigenvalue weighted by atomic mass is 10.1. The van der Waals surface area contributed by atoms with Crippen LogP contribution in [0.2, 0.25) is 0 Å². The molecule has 0 aliphatic rings. The van der Waals surface area contributed by atoms with Gasteiger partial charge < -0.3 is 14.6 Å². The molecule has 1 heterocycles. The van der Waals surface area contributed by atoms with Crippen LogP contribution in [0.4, 0.5) is 0 Å². The van der Waals surface area contributed by atoms with Crippen LogP contribution >= 0.6 is 0 Å². The van der Waals surface area contributed by atoms with Crippen molar-refractivity contribution in [3.05, 3.63) is 29.6 Å². The standard InChI is InChI=1S/C14H19N3O3/c1-9(2)14-11(8-18)15-16-17(14)12-6-5-10(19-3)7-13(12)20-4/h5-7,9,18H,8H2,1-4H3. The Bertz CT molecular complexity index is 593. The highest BCUT2D eigenvalue weighted by Gasteiger charge is 2.19. The fraction of sp³-hybridized carbons (Fsp3) is 0.429. The van der Waals surface area contributed by atoms with Crippen molar-refractivity contribution >= 4 is 0 Å². The van der Waals surface area contributed by atoms with Crippen LogP contribution in [0, 0.1) is 0 Å². The molecule has 0 atom stereocenters. The molecule has 0 bridgehead atoms. The Morgan fingerprint density at radius 3 is 2.55 bits per heavy atom. The maximum atomic E-state index is 9.37. The lowest BCUT2D eigenvalue weighted by Gasteiger charge is -2.14. The fourth-order valence-corrected chi connectivity index (χ4v) is 2.15. The van der Waals surface area contributed by atoms with Gasteiger partial charge in [0.05, 0.1) is 26.5 Å². The molecule has 2 aromatic rings. The lowest BCUT2D eigenvalue weighted by Crippen LogP contribution is -2.07. The topological polar surface area (TPSA) is 69.4 Å². The molecule has 20 heavy (non-hydrogen) atoms. The van der Waals surface area contributed by atoms with Gasteiger partial charge in [0, 0.05) is 6.07 Å². The number of rotatable bonds is 5. The second-order valence-electron chi connectivity index (χ2n) is 4.68. The first-order valence-electron chi connectivity index (χ1n) is 6.40. The molecular formula is C14H19N3O3. The van der Waals surface area contributed by atoms with Gasteiger partial charge in [-0.25, -0.2) is 4.68 Å². The van der Waals surface area contributed by atoms with Crippen LogP contribution in [0.3, 0.4) is 0 Å². The van der Waals surface area contributed by atoms with Gasteiger partial charge in [0.25, 0.3) is 0 Å². The van der Waals surface area contributed by atoms with E-state index < -0.39 is 0 Å². The summed E-state index contributed by atoms with van der Waals surface area (Å²) >= 11 is 0. The Morgan fingerprint density at radius 2 is 2.00 bits per heavy atom. The van der Waals surface area contributed by atoms with Crippen LogP contribution in [0.15, 0.2) is 18.2 Å². The summed E-state index contributed by atoms with van der Waals surface area (Å²) in [5.41, 5.74) is 2.22. The minimum absolute atomic E-state index is 0.133. The molecule has 0 aliphatic heterocycles. The van der Waals surface area contributed by atoms with Crippen molar-refractivity contribution < 1.29 is 14.6 Å². The number of methoxy groups -OCH3 is 2. The fourth-order valence-electron chi connectivity index (χ4n) is 2.15. The van der Waals surface area contributed by atoms with E-state index >= 15 is 0 Å². The number of aromatic nitrogens is 3. The zero-order valence-electron chi connectivity index (χ0n) is 12.1. The van der Waals surface area contributed by atoms with Gasteiger partial charge in [-0.3, -0.25) is 0 Å². The third-order valence-corrected chi connectivity index (χ3v) is 3.09. The predicted molar refractivity (Wildman–Crippen MR) is 74.5 cm³/mol. The van der Waals surface area contributed by atoms with Crippen LogP contribution in [0.25, 0.3) is 5.69 Å². The molecule has 0 saturated carbocycles. The SMILES string of the molecule is COc1ccc(-n2nnc(CO)c2C(C)C)c(OC)c1. The van der Waals surface area contributed by atoms with E-state index in [-0.39, 0.29) is 12.5 Å². The van der Waals surface area contributed by atoms with Gasteiger partial charge in [-0.05, 0) is 18.1 Å². The Balaban J connectivity index is 2.59. The van der Waals surface area contributed by atoms with E-state index in [9.17, 15) is 5.11 Å². The van der Waals surface area contributed by atoms with E-state index in [2.05, 4.69) is 10.3 Å². The Labute approximate surface area is 117 Å². The van der Waals surface area contributed by atoms with Crippen molar-refractivity contribution in [1.82, 2.24) is 15.0 Å². The second-order valence-corrected chi connectivity index (χ2v) is 4.68. The quantitative estimate of drug-likeness (QED) is 0.904. The summed E-state index contributed by atoms with van der Waals surface area (Å²) in [6, 6.07) is 5.49. The second kappa shape index (κ2) is 5.92.